The maximum atomic E-state index is 11.9. The molecule has 12 nitrogen and oxygen atoms in total. The van der Waals surface area contributed by atoms with Crippen molar-refractivity contribution < 1.29 is 43.9 Å². The van der Waals surface area contributed by atoms with Crippen LogP contribution in [0.15, 0.2) is 36.4 Å². The van der Waals surface area contributed by atoms with Crippen molar-refractivity contribution in [2.24, 2.45) is 0 Å². The zero-order chi connectivity index (χ0) is 33.0. The zero-order valence-corrected chi connectivity index (χ0v) is 25.7. The molecule has 0 atom stereocenters. The van der Waals surface area contributed by atoms with Gasteiger partial charge in [-0.1, -0.05) is 20.8 Å². The molecular weight excluding hydrogens is 582 g/mol. The van der Waals surface area contributed by atoms with Crippen LogP contribution in [0.5, 0.6) is 34.5 Å². The molecule has 45 heavy (non-hydrogen) atoms. The van der Waals surface area contributed by atoms with Crippen molar-refractivity contribution in [3.63, 3.8) is 0 Å². The number of rotatable bonds is 9. The normalized spacial score (nSPS) is 10.8. The van der Waals surface area contributed by atoms with Crippen LogP contribution in [-0.4, -0.2) is 48.2 Å². The number of aromatic nitrogens is 3. The summed E-state index contributed by atoms with van der Waals surface area (Å²) in [5.41, 5.74) is 1.26. The van der Waals surface area contributed by atoms with Gasteiger partial charge in [0.15, 0.2) is 17.5 Å². The Kier molecular flexibility index (Phi) is 9.66. The predicted molar refractivity (Wildman–Crippen MR) is 163 cm³/mol. The predicted octanol–water partition coefficient (Wildman–Crippen LogP) is 5.86. The first-order valence-corrected chi connectivity index (χ1v) is 14.3. The lowest BCUT2D eigenvalue weighted by Crippen LogP contribution is -2.08. The number of benzene rings is 3. The topological polar surface area (TPSA) is 178 Å². The van der Waals surface area contributed by atoms with Gasteiger partial charge in [-0.15, -0.1) is 0 Å². The minimum absolute atomic E-state index is 0.0268. The van der Waals surface area contributed by atoms with Crippen molar-refractivity contribution in [1.82, 2.24) is 15.0 Å². The van der Waals surface area contributed by atoms with Crippen molar-refractivity contribution in [2.75, 3.05) is 0 Å². The number of esters is 3. The summed E-state index contributed by atoms with van der Waals surface area (Å²) >= 11 is 0. The van der Waals surface area contributed by atoms with E-state index in [1.807, 2.05) is 0 Å². The zero-order valence-electron chi connectivity index (χ0n) is 25.7. The van der Waals surface area contributed by atoms with E-state index in [-0.39, 0.29) is 105 Å². The molecule has 0 fully saturated rings. The van der Waals surface area contributed by atoms with Gasteiger partial charge in [0.25, 0.3) is 0 Å². The summed E-state index contributed by atoms with van der Waals surface area (Å²) in [6.45, 7) is 9.64. The molecule has 234 valence electrons. The summed E-state index contributed by atoms with van der Waals surface area (Å²) in [5, 5.41) is 33.4. The first-order valence-electron chi connectivity index (χ1n) is 14.3. The molecule has 0 saturated heterocycles. The molecule has 3 aromatic carbocycles. The van der Waals surface area contributed by atoms with E-state index in [2.05, 4.69) is 15.0 Å². The Bertz CT molecular complexity index is 1600. The van der Waals surface area contributed by atoms with Crippen LogP contribution in [0.2, 0.25) is 0 Å². The Morgan fingerprint density at radius 2 is 0.756 bits per heavy atom. The average Bonchev–Trinajstić information content (AvgIpc) is 3.03. The first-order chi connectivity index (χ1) is 21.4. The first kappa shape index (κ1) is 32.4. The molecule has 0 unspecified atom stereocenters. The molecule has 0 aliphatic rings. The number of phenols is 3. The van der Waals surface area contributed by atoms with E-state index in [9.17, 15) is 29.7 Å². The fourth-order valence-electron chi connectivity index (χ4n) is 4.24. The van der Waals surface area contributed by atoms with Gasteiger partial charge in [-0.2, -0.15) is 0 Å². The number of aromatic hydroxyl groups is 3. The Morgan fingerprint density at radius 3 is 0.978 bits per heavy atom. The van der Waals surface area contributed by atoms with Gasteiger partial charge >= 0.3 is 17.9 Å². The molecule has 0 amide bonds. The summed E-state index contributed by atoms with van der Waals surface area (Å²) in [4.78, 5) is 49.2. The molecular formula is C33H33N3O9. The highest BCUT2D eigenvalue weighted by atomic mass is 16.5. The molecule has 12 heteroatoms. The highest BCUT2D eigenvalue weighted by molar-refractivity contribution is 5.80. The van der Waals surface area contributed by atoms with Crippen LogP contribution in [0.3, 0.4) is 0 Å². The maximum Gasteiger partial charge on any atom is 0.310 e. The Labute approximate surface area is 259 Å². The highest BCUT2D eigenvalue weighted by Crippen LogP contribution is 2.41. The van der Waals surface area contributed by atoms with Crippen molar-refractivity contribution in [3.05, 3.63) is 53.1 Å². The van der Waals surface area contributed by atoms with Crippen LogP contribution in [0.25, 0.3) is 34.2 Å². The van der Waals surface area contributed by atoms with Gasteiger partial charge in [0.2, 0.25) is 0 Å². The van der Waals surface area contributed by atoms with Crippen LogP contribution in [0, 0.1) is 20.8 Å². The lowest BCUT2D eigenvalue weighted by atomic mass is 10.1. The van der Waals surface area contributed by atoms with Crippen LogP contribution in [0.1, 0.15) is 56.7 Å². The fourth-order valence-corrected chi connectivity index (χ4v) is 4.24. The molecule has 0 radical (unpaired) electrons. The smallest absolute Gasteiger partial charge is 0.310 e. The number of nitrogens with zero attached hydrogens (tertiary/aromatic N) is 3. The van der Waals surface area contributed by atoms with Gasteiger partial charge < -0.3 is 29.5 Å². The SMILES string of the molecule is CCC(=O)Oc1ccc(-c2nc(-c3ccc(OC(=O)CC)c(C)c3O)nc(-c3ccc(OC(=O)CC)c(C)c3O)n2)c(O)c1C. The fraction of sp³-hybridized carbons (Fsp3) is 0.273. The molecule has 1 heterocycles. The Balaban J connectivity index is 1.94. The van der Waals surface area contributed by atoms with E-state index >= 15 is 0 Å². The molecule has 4 aromatic rings. The van der Waals surface area contributed by atoms with Crippen LogP contribution >= 0.6 is 0 Å². The monoisotopic (exact) mass is 615 g/mol. The molecule has 0 aliphatic carbocycles. The Hall–Kier alpha value is -5.52. The minimum atomic E-state index is -0.479. The van der Waals surface area contributed by atoms with E-state index in [1.54, 1.807) is 41.5 Å². The van der Waals surface area contributed by atoms with Crippen LogP contribution in [-0.2, 0) is 14.4 Å². The van der Waals surface area contributed by atoms with Gasteiger partial charge in [0, 0.05) is 36.0 Å². The van der Waals surface area contributed by atoms with Crippen LogP contribution in [0.4, 0.5) is 0 Å². The second kappa shape index (κ2) is 13.4. The van der Waals surface area contributed by atoms with Gasteiger partial charge in [0.05, 0.1) is 16.7 Å². The molecule has 1 aromatic heterocycles. The second-order valence-electron chi connectivity index (χ2n) is 10.0. The van der Waals surface area contributed by atoms with Crippen molar-refractivity contribution in [3.8, 4) is 68.7 Å². The van der Waals surface area contributed by atoms with E-state index in [4.69, 9.17) is 14.2 Å². The van der Waals surface area contributed by atoms with Gasteiger partial charge in [-0.05, 0) is 57.2 Å². The molecule has 0 aliphatic heterocycles. The third-order valence-electron chi connectivity index (χ3n) is 7.04. The number of hydrogen-bond donors (Lipinski definition) is 3. The van der Waals surface area contributed by atoms with Crippen LogP contribution < -0.4 is 14.2 Å². The van der Waals surface area contributed by atoms with Crippen molar-refractivity contribution in [2.45, 2.75) is 60.8 Å². The quantitative estimate of drug-likeness (QED) is 0.151. The maximum absolute atomic E-state index is 11.9. The number of hydrogen-bond acceptors (Lipinski definition) is 12. The van der Waals surface area contributed by atoms with E-state index < -0.39 is 17.9 Å². The van der Waals surface area contributed by atoms with E-state index in [0.717, 1.165) is 0 Å². The van der Waals surface area contributed by atoms with Gasteiger partial charge in [0.1, 0.15) is 34.5 Å². The summed E-state index contributed by atoms with van der Waals surface area (Å²) < 4.78 is 15.9. The molecule has 0 spiro atoms. The summed E-state index contributed by atoms with van der Waals surface area (Å²) in [5.74, 6) is -1.82. The minimum Gasteiger partial charge on any atom is -0.507 e. The number of carbonyl (C=O) groups excluding carboxylic acids is 3. The van der Waals surface area contributed by atoms with E-state index in [1.165, 1.54) is 36.4 Å². The standard InChI is InChI=1S/C33H33N3O9/c1-7-25(37)43-22-13-10-19(28(40)16(22)4)31-34-32(20-11-14-23(17(5)29(20)41)44-26(38)8-2)36-33(35-31)21-12-15-24(18(6)30(21)42)45-27(39)9-3/h10-15,40-42H,7-9H2,1-6H3. The van der Waals surface area contributed by atoms with Crippen molar-refractivity contribution >= 4 is 17.9 Å². The molecule has 0 bridgehead atoms. The molecule has 4 rings (SSSR count). The largest absolute Gasteiger partial charge is 0.507 e. The third-order valence-corrected chi connectivity index (χ3v) is 7.04. The number of ether oxygens (including phenoxy) is 3. The summed E-state index contributed by atoms with van der Waals surface area (Å²) in [6, 6.07) is 8.91. The molecule has 3 N–H and O–H groups in total. The lowest BCUT2D eigenvalue weighted by Gasteiger charge is -2.15. The summed E-state index contributed by atoms with van der Waals surface area (Å²) in [6.07, 6.45) is 0.419. The number of phenolic OH excluding ortho intramolecular Hbond substituents is 3. The van der Waals surface area contributed by atoms with Crippen molar-refractivity contribution in [1.29, 1.82) is 0 Å². The summed E-state index contributed by atoms with van der Waals surface area (Å²) in [7, 11) is 0. The third kappa shape index (κ3) is 6.69. The van der Waals surface area contributed by atoms with E-state index in [0.29, 0.717) is 0 Å². The Morgan fingerprint density at radius 1 is 0.511 bits per heavy atom. The molecule has 0 saturated carbocycles. The highest BCUT2D eigenvalue weighted by Gasteiger charge is 2.23. The number of carbonyl (C=O) groups is 3. The van der Waals surface area contributed by atoms with Gasteiger partial charge in [-0.3, -0.25) is 14.4 Å². The van der Waals surface area contributed by atoms with Gasteiger partial charge in [-0.25, -0.2) is 15.0 Å². The second-order valence-corrected chi connectivity index (χ2v) is 10.0. The average molecular weight is 616 g/mol. The lowest BCUT2D eigenvalue weighted by molar-refractivity contribution is -0.135.